The van der Waals surface area contributed by atoms with E-state index in [4.69, 9.17) is 0 Å². The molecule has 0 saturated heterocycles. The Morgan fingerprint density at radius 3 is 1.76 bits per heavy atom. The van der Waals surface area contributed by atoms with E-state index in [-0.39, 0.29) is 6.71 Å². The van der Waals surface area contributed by atoms with E-state index in [1.54, 1.807) is 0 Å². The van der Waals surface area contributed by atoms with Crippen LogP contribution in [0.1, 0.15) is 24.1 Å². The van der Waals surface area contributed by atoms with Crippen LogP contribution in [0.3, 0.4) is 0 Å². The monoisotopic (exact) mass is 611 g/mol. The zero-order valence-corrected chi connectivity index (χ0v) is 27.9. The van der Waals surface area contributed by atoms with Gasteiger partial charge in [-0.15, -0.1) is 0 Å². The number of hydrogen-bond donors (Lipinski definition) is 0. The standard InChI is InChI=1S/C41H38BN3Si/c1-46(2,3)32-27-37-39-38(28-32)44(30-19-9-5-10-20-30)40-33-23-13-15-25-35(33)45(31-21-11-6-12-22-31)41(40)42(39)34-24-14-16-26-36(34)43(37)29-17-7-4-8-18-29/h4-12,14,16-22,24,26-28H,13,15,23,25H2,1-3H3. The molecule has 0 bridgehead atoms. The van der Waals surface area contributed by atoms with Gasteiger partial charge in [0.05, 0.1) is 13.8 Å². The maximum absolute atomic E-state index is 2.67. The van der Waals surface area contributed by atoms with Crippen LogP contribution in [0.5, 0.6) is 0 Å². The van der Waals surface area contributed by atoms with E-state index in [1.807, 2.05) is 0 Å². The van der Waals surface area contributed by atoms with Crippen molar-refractivity contribution in [3.05, 3.63) is 139 Å². The molecular formula is C41H38BN3Si. The molecule has 46 heavy (non-hydrogen) atoms. The van der Waals surface area contributed by atoms with E-state index in [0.29, 0.717) is 0 Å². The molecule has 0 saturated carbocycles. The smallest absolute Gasteiger partial charge is 0.273 e. The molecule has 3 aliphatic rings. The third kappa shape index (κ3) is 4.04. The first-order valence-electron chi connectivity index (χ1n) is 16.8. The van der Waals surface area contributed by atoms with Gasteiger partial charge in [-0.25, -0.2) is 0 Å². The fourth-order valence-corrected chi connectivity index (χ4v) is 9.37. The van der Waals surface area contributed by atoms with E-state index in [2.05, 4.69) is 161 Å². The molecule has 9 rings (SSSR count). The molecular weight excluding hydrogens is 573 g/mol. The first kappa shape index (κ1) is 27.6. The molecule has 0 radical (unpaired) electrons. The van der Waals surface area contributed by atoms with Crippen LogP contribution in [0.4, 0.5) is 34.1 Å². The number of para-hydroxylation sites is 4. The fraction of sp³-hybridized carbons (Fsp3) is 0.171. The van der Waals surface area contributed by atoms with Crippen LogP contribution in [0, 0.1) is 0 Å². The molecule has 5 aromatic carbocycles. The van der Waals surface area contributed by atoms with Gasteiger partial charge in [0, 0.05) is 45.4 Å². The van der Waals surface area contributed by atoms with E-state index < -0.39 is 8.07 Å². The predicted molar refractivity (Wildman–Crippen MR) is 199 cm³/mol. The zero-order chi connectivity index (χ0) is 31.0. The first-order chi connectivity index (χ1) is 22.5. The molecule has 3 nitrogen and oxygen atoms in total. The number of aromatic nitrogens is 1. The molecule has 0 atom stereocenters. The Morgan fingerprint density at radius 2 is 1.11 bits per heavy atom. The summed E-state index contributed by atoms with van der Waals surface area (Å²) in [4.78, 5) is 5.19. The largest absolute Gasteiger partial charge is 0.323 e. The highest BCUT2D eigenvalue weighted by Gasteiger charge is 2.48. The van der Waals surface area contributed by atoms with E-state index in [9.17, 15) is 0 Å². The minimum atomic E-state index is -1.72. The number of anilines is 6. The molecule has 0 N–H and O–H groups in total. The van der Waals surface area contributed by atoms with Crippen molar-refractivity contribution in [3.63, 3.8) is 0 Å². The average Bonchev–Trinajstić information content (AvgIpc) is 3.43. The highest BCUT2D eigenvalue weighted by molar-refractivity contribution is 7.00. The van der Waals surface area contributed by atoms with Crippen LogP contribution < -0.4 is 31.5 Å². The van der Waals surface area contributed by atoms with Gasteiger partial charge in [0.1, 0.15) is 0 Å². The second kappa shape index (κ2) is 10.4. The summed E-state index contributed by atoms with van der Waals surface area (Å²) >= 11 is 0. The Morgan fingerprint density at radius 1 is 0.565 bits per heavy atom. The third-order valence-electron chi connectivity index (χ3n) is 10.3. The van der Waals surface area contributed by atoms with Crippen molar-refractivity contribution < 1.29 is 0 Å². The summed E-state index contributed by atoms with van der Waals surface area (Å²) in [6.45, 7) is 7.56. The summed E-state index contributed by atoms with van der Waals surface area (Å²) in [5.74, 6) is 0. The molecule has 5 heteroatoms. The van der Waals surface area contributed by atoms with Gasteiger partial charge < -0.3 is 14.4 Å². The SMILES string of the molecule is C[Si](C)(C)c1cc2c3c(c1)N(c1ccccc1)c1c4c(n(-c5ccccc5)c1B3c1ccccc1N2c1ccccc1)CCCC4. The van der Waals surface area contributed by atoms with Crippen molar-refractivity contribution >= 4 is 70.6 Å². The van der Waals surface area contributed by atoms with Gasteiger partial charge in [-0.3, -0.25) is 0 Å². The van der Waals surface area contributed by atoms with Crippen LogP contribution in [0.2, 0.25) is 19.6 Å². The Kier molecular flexibility index (Phi) is 6.23. The van der Waals surface area contributed by atoms with Crippen LogP contribution in [0.15, 0.2) is 127 Å². The number of hydrogen-bond acceptors (Lipinski definition) is 2. The molecule has 3 heterocycles. The van der Waals surface area contributed by atoms with Crippen molar-refractivity contribution in [3.8, 4) is 5.69 Å². The Bertz CT molecular complexity index is 2100. The van der Waals surface area contributed by atoms with Crippen molar-refractivity contribution in [1.82, 2.24) is 4.57 Å². The molecule has 0 fully saturated rings. The topological polar surface area (TPSA) is 11.4 Å². The highest BCUT2D eigenvalue weighted by Crippen LogP contribution is 2.47. The van der Waals surface area contributed by atoms with Gasteiger partial charge in [0.25, 0.3) is 6.71 Å². The Labute approximate surface area is 273 Å². The molecule has 224 valence electrons. The van der Waals surface area contributed by atoms with E-state index in [1.165, 1.54) is 85.6 Å². The Hall–Kier alpha value is -4.74. The van der Waals surface area contributed by atoms with Crippen LogP contribution >= 0.6 is 0 Å². The van der Waals surface area contributed by atoms with Gasteiger partial charge in [-0.1, -0.05) is 97.6 Å². The summed E-state index contributed by atoms with van der Waals surface area (Å²) in [7, 11) is -1.72. The molecule has 0 unspecified atom stereocenters. The third-order valence-corrected chi connectivity index (χ3v) is 12.3. The summed E-state index contributed by atoms with van der Waals surface area (Å²) in [5.41, 5.74) is 16.3. The molecule has 1 aromatic heterocycles. The number of nitrogens with zero attached hydrogens (tertiary/aromatic N) is 3. The quantitative estimate of drug-likeness (QED) is 0.187. The second-order valence-corrected chi connectivity index (χ2v) is 19.1. The van der Waals surface area contributed by atoms with Gasteiger partial charge in [-0.2, -0.15) is 0 Å². The average molecular weight is 612 g/mol. The summed E-state index contributed by atoms with van der Waals surface area (Å²) < 4.78 is 2.67. The van der Waals surface area contributed by atoms with E-state index >= 15 is 0 Å². The lowest BCUT2D eigenvalue weighted by atomic mass is 9.35. The maximum atomic E-state index is 2.67. The Balaban J connectivity index is 1.47. The van der Waals surface area contributed by atoms with Crippen LogP contribution in [-0.2, 0) is 12.8 Å². The second-order valence-electron chi connectivity index (χ2n) is 14.0. The summed E-state index contributed by atoms with van der Waals surface area (Å²) in [5, 5.41) is 1.49. The van der Waals surface area contributed by atoms with Crippen LogP contribution in [-0.4, -0.2) is 19.4 Å². The van der Waals surface area contributed by atoms with Crippen LogP contribution in [0.25, 0.3) is 5.69 Å². The molecule has 0 amide bonds. The van der Waals surface area contributed by atoms with Gasteiger partial charge >= 0.3 is 0 Å². The predicted octanol–water partition coefficient (Wildman–Crippen LogP) is 7.98. The lowest BCUT2D eigenvalue weighted by Crippen LogP contribution is -2.63. The molecule has 1 aliphatic carbocycles. The highest BCUT2D eigenvalue weighted by atomic mass is 28.3. The number of benzene rings is 5. The minimum Gasteiger partial charge on any atom is -0.323 e. The van der Waals surface area contributed by atoms with E-state index in [0.717, 1.165) is 12.8 Å². The number of rotatable bonds is 4. The normalized spacial score (nSPS) is 14.8. The van der Waals surface area contributed by atoms with Crippen molar-refractivity contribution in [2.75, 3.05) is 9.80 Å². The number of fused-ring (bicyclic) bond motifs is 6. The zero-order valence-electron chi connectivity index (χ0n) is 26.9. The lowest BCUT2D eigenvalue weighted by Gasteiger charge is -2.44. The maximum Gasteiger partial charge on any atom is 0.273 e. The molecule has 0 spiro atoms. The lowest BCUT2D eigenvalue weighted by molar-refractivity contribution is 0.664. The summed E-state index contributed by atoms with van der Waals surface area (Å²) in [6.07, 6.45) is 4.68. The molecule has 6 aromatic rings. The summed E-state index contributed by atoms with van der Waals surface area (Å²) in [6, 6.07) is 47.6. The van der Waals surface area contributed by atoms with Crippen molar-refractivity contribution in [1.29, 1.82) is 0 Å². The van der Waals surface area contributed by atoms with Crippen molar-refractivity contribution in [2.45, 2.75) is 45.3 Å². The molecule has 2 aliphatic heterocycles. The first-order valence-corrected chi connectivity index (χ1v) is 20.3. The van der Waals surface area contributed by atoms with Crippen molar-refractivity contribution in [2.24, 2.45) is 0 Å². The van der Waals surface area contributed by atoms with Gasteiger partial charge in [0.15, 0.2) is 0 Å². The minimum absolute atomic E-state index is 0.109. The van der Waals surface area contributed by atoms with Gasteiger partial charge in [-0.05, 0) is 96.8 Å². The van der Waals surface area contributed by atoms with Gasteiger partial charge in [0.2, 0.25) is 0 Å². The fourth-order valence-electron chi connectivity index (χ4n) is 8.23.